The van der Waals surface area contributed by atoms with Crippen molar-refractivity contribution in [3.8, 4) is 0 Å². The van der Waals surface area contributed by atoms with Crippen LogP contribution in [0, 0.1) is 11.8 Å². The van der Waals surface area contributed by atoms with Gasteiger partial charge in [0.2, 0.25) is 0 Å². The molecule has 2 nitrogen and oxygen atoms in total. The van der Waals surface area contributed by atoms with Gasteiger partial charge in [-0.2, -0.15) is 13.2 Å². The van der Waals surface area contributed by atoms with Crippen molar-refractivity contribution < 1.29 is 13.2 Å². The summed E-state index contributed by atoms with van der Waals surface area (Å²) in [6.45, 7) is 11.5. The third-order valence-corrected chi connectivity index (χ3v) is 4.22. The Morgan fingerprint density at radius 2 is 1.81 bits per heavy atom. The van der Waals surface area contributed by atoms with E-state index in [4.69, 9.17) is 0 Å². The van der Waals surface area contributed by atoms with Crippen LogP contribution in [0.4, 0.5) is 13.2 Å². The van der Waals surface area contributed by atoms with E-state index in [1.54, 1.807) is 0 Å². The summed E-state index contributed by atoms with van der Waals surface area (Å²) in [6, 6.07) is 0.918. The summed E-state index contributed by atoms with van der Waals surface area (Å²) in [5.41, 5.74) is 0. The van der Waals surface area contributed by atoms with Crippen molar-refractivity contribution in [2.45, 2.75) is 71.6 Å². The highest BCUT2D eigenvalue weighted by Gasteiger charge is 2.30. The first-order chi connectivity index (χ1) is 9.69. The van der Waals surface area contributed by atoms with Crippen molar-refractivity contribution in [3.63, 3.8) is 0 Å². The normalized spacial score (nSPS) is 25.0. The third kappa shape index (κ3) is 7.50. The molecule has 2 unspecified atom stereocenters. The average molecular weight is 308 g/mol. The molecule has 0 aliphatic carbocycles. The van der Waals surface area contributed by atoms with Gasteiger partial charge in [0.15, 0.2) is 0 Å². The summed E-state index contributed by atoms with van der Waals surface area (Å²) in [6.07, 6.45) is -2.66. The lowest BCUT2D eigenvalue weighted by molar-refractivity contribution is -0.135. The second kappa shape index (κ2) is 8.37. The summed E-state index contributed by atoms with van der Waals surface area (Å²) in [7, 11) is 0. The molecule has 1 saturated heterocycles. The standard InChI is InChI=1S/C16H31F3N2/c1-12(2)9-14-11-21(15(10-20-14)13(3)4)8-6-5-7-16(17,18)19/h12-15,20H,5-11H2,1-4H3. The quantitative estimate of drug-likeness (QED) is 0.713. The molecule has 1 aliphatic rings. The average Bonchev–Trinajstić information content (AvgIpc) is 2.32. The molecule has 1 aliphatic heterocycles. The predicted octanol–water partition coefficient (Wildman–Crippen LogP) is 4.06. The molecule has 1 fully saturated rings. The molecule has 0 amide bonds. The molecule has 0 bridgehead atoms. The maximum absolute atomic E-state index is 12.2. The van der Waals surface area contributed by atoms with E-state index in [1.807, 2.05) is 0 Å². The lowest BCUT2D eigenvalue weighted by Gasteiger charge is -2.43. The Labute approximate surface area is 127 Å². The van der Waals surface area contributed by atoms with Crippen LogP contribution in [0.15, 0.2) is 0 Å². The van der Waals surface area contributed by atoms with Crippen LogP contribution in [-0.2, 0) is 0 Å². The van der Waals surface area contributed by atoms with Gasteiger partial charge in [0, 0.05) is 31.6 Å². The first-order valence-electron chi connectivity index (χ1n) is 8.23. The molecule has 0 saturated carbocycles. The van der Waals surface area contributed by atoms with Gasteiger partial charge >= 0.3 is 6.18 Å². The first kappa shape index (κ1) is 18.8. The zero-order valence-corrected chi connectivity index (χ0v) is 13.8. The molecule has 1 N–H and O–H groups in total. The minimum atomic E-state index is -4.01. The predicted molar refractivity (Wildman–Crippen MR) is 81.4 cm³/mol. The van der Waals surface area contributed by atoms with Gasteiger partial charge in [-0.05, 0) is 37.6 Å². The molecule has 2 atom stereocenters. The maximum atomic E-state index is 12.2. The number of alkyl halides is 3. The number of nitrogens with zero attached hydrogens (tertiary/aromatic N) is 1. The number of hydrogen-bond acceptors (Lipinski definition) is 2. The van der Waals surface area contributed by atoms with Gasteiger partial charge in [-0.3, -0.25) is 4.90 Å². The van der Waals surface area contributed by atoms with Gasteiger partial charge in [0.25, 0.3) is 0 Å². The minimum Gasteiger partial charge on any atom is -0.311 e. The minimum absolute atomic E-state index is 0.243. The molecule has 0 radical (unpaired) electrons. The van der Waals surface area contributed by atoms with E-state index in [-0.39, 0.29) is 6.42 Å². The second-order valence-electron chi connectivity index (χ2n) is 7.11. The molecule has 5 heteroatoms. The lowest BCUT2D eigenvalue weighted by atomic mass is 9.94. The first-order valence-corrected chi connectivity index (χ1v) is 8.23. The fourth-order valence-corrected chi connectivity index (χ4v) is 3.18. The fourth-order valence-electron chi connectivity index (χ4n) is 3.18. The van der Waals surface area contributed by atoms with Crippen molar-refractivity contribution in [2.75, 3.05) is 19.6 Å². The molecule has 0 aromatic heterocycles. The van der Waals surface area contributed by atoms with E-state index in [0.29, 0.717) is 30.3 Å². The second-order valence-corrected chi connectivity index (χ2v) is 7.11. The Bertz CT molecular complexity index is 290. The van der Waals surface area contributed by atoms with Crippen LogP contribution in [-0.4, -0.2) is 42.8 Å². The van der Waals surface area contributed by atoms with Crippen LogP contribution in [0.25, 0.3) is 0 Å². The van der Waals surface area contributed by atoms with Gasteiger partial charge in [0.05, 0.1) is 0 Å². The van der Waals surface area contributed by atoms with E-state index in [0.717, 1.165) is 26.1 Å². The highest BCUT2D eigenvalue weighted by Crippen LogP contribution is 2.23. The number of hydrogen-bond donors (Lipinski definition) is 1. The van der Waals surface area contributed by atoms with Crippen molar-refractivity contribution >= 4 is 0 Å². The van der Waals surface area contributed by atoms with Crippen molar-refractivity contribution in [3.05, 3.63) is 0 Å². The SMILES string of the molecule is CC(C)CC1CN(CCCCC(F)(F)F)C(C(C)C)CN1. The Kier molecular flexibility index (Phi) is 7.48. The molecule has 0 aromatic carbocycles. The zero-order chi connectivity index (χ0) is 16.0. The lowest BCUT2D eigenvalue weighted by Crippen LogP contribution is -2.58. The molecule has 21 heavy (non-hydrogen) atoms. The van der Waals surface area contributed by atoms with Crippen molar-refractivity contribution in [1.29, 1.82) is 0 Å². The molecule has 1 rings (SSSR count). The summed E-state index contributed by atoms with van der Waals surface area (Å²) in [5.74, 6) is 1.17. The van der Waals surface area contributed by atoms with Crippen LogP contribution in [0.1, 0.15) is 53.4 Å². The van der Waals surface area contributed by atoms with Gasteiger partial charge in [-0.1, -0.05) is 27.7 Å². The summed E-state index contributed by atoms with van der Waals surface area (Å²) < 4.78 is 36.6. The largest absolute Gasteiger partial charge is 0.389 e. The number of rotatable bonds is 7. The van der Waals surface area contributed by atoms with E-state index >= 15 is 0 Å². The summed E-state index contributed by atoms with van der Waals surface area (Å²) >= 11 is 0. The van der Waals surface area contributed by atoms with Gasteiger partial charge in [-0.25, -0.2) is 0 Å². The molecule has 1 heterocycles. The van der Waals surface area contributed by atoms with Gasteiger partial charge in [-0.15, -0.1) is 0 Å². The van der Waals surface area contributed by atoms with E-state index < -0.39 is 12.6 Å². The van der Waals surface area contributed by atoms with Crippen molar-refractivity contribution in [2.24, 2.45) is 11.8 Å². The van der Waals surface area contributed by atoms with E-state index in [9.17, 15) is 13.2 Å². The Morgan fingerprint density at radius 1 is 1.14 bits per heavy atom. The third-order valence-electron chi connectivity index (χ3n) is 4.22. The molecular weight excluding hydrogens is 277 g/mol. The topological polar surface area (TPSA) is 15.3 Å². The van der Waals surface area contributed by atoms with E-state index in [2.05, 4.69) is 37.9 Å². The number of halogens is 3. The van der Waals surface area contributed by atoms with Crippen LogP contribution in [0.2, 0.25) is 0 Å². The van der Waals surface area contributed by atoms with Crippen LogP contribution in [0.3, 0.4) is 0 Å². The van der Waals surface area contributed by atoms with Gasteiger partial charge < -0.3 is 5.32 Å². The molecule has 0 spiro atoms. The Balaban J connectivity index is 2.44. The Hall–Kier alpha value is -0.290. The van der Waals surface area contributed by atoms with Crippen LogP contribution >= 0.6 is 0 Å². The molecular formula is C16H31F3N2. The smallest absolute Gasteiger partial charge is 0.311 e. The number of piperazine rings is 1. The highest BCUT2D eigenvalue weighted by atomic mass is 19.4. The monoisotopic (exact) mass is 308 g/mol. The fraction of sp³-hybridized carbons (Fsp3) is 1.00. The Morgan fingerprint density at radius 3 is 2.33 bits per heavy atom. The number of unbranched alkanes of at least 4 members (excludes halogenated alkanes) is 1. The number of nitrogens with one attached hydrogen (secondary N) is 1. The van der Waals surface area contributed by atoms with Crippen LogP contribution in [0.5, 0.6) is 0 Å². The molecule has 0 aromatic rings. The summed E-state index contributed by atoms with van der Waals surface area (Å²) in [4.78, 5) is 2.41. The zero-order valence-electron chi connectivity index (χ0n) is 13.8. The summed E-state index contributed by atoms with van der Waals surface area (Å²) in [5, 5.41) is 3.60. The highest BCUT2D eigenvalue weighted by molar-refractivity contribution is 4.88. The molecule has 126 valence electrons. The van der Waals surface area contributed by atoms with Crippen LogP contribution < -0.4 is 5.32 Å². The maximum Gasteiger partial charge on any atom is 0.389 e. The van der Waals surface area contributed by atoms with Crippen molar-refractivity contribution in [1.82, 2.24) is 10.2 Å². The van der Waals surface area contributed by atoms with Gasteiger partial charge in [0.1, 0.15) is 0 Å². The van der Waals surface area contributed by atoms with E-state index in [1.165, 1.54) is 0 Å².